The zero-order valence-corrected chi connectivity index (χ0v) is 13.2. The van der Waals surface area contributed by atoms with Gasteiger partial charge in [-0.05, 0) is 31.7 Å². The minimum Gasteiger partial charge on any atom is -0.233 e. The Kier molecular flexibility index (Phi) is 4.57. The van der Waals surface area contributed by atoms with Gasteiger partial charge in [-0.1, -0.05) is 42.6 Å². The predicted molar refractivity (Wildman–Crippen MR) is 83.4 cm³/mol. The molecule has 1 aromatic carbocycles. The number of halogens is 4. The van der Waals surface area contributed by atoms with Crippen molar-refractivity contribution in [2.45, 2.75) is 44.7 Å². The zero-order chi connectivity index (χ0) is 16.4. The van der Waals surface area contributed by atoms with E-state index in [1.165, 1.54) is 12.1 Å². The third-order valence-corrected chi connectivity index (χ3v) is 4.42. The van der Waals surface area contributed by atoms with Crippen LogP contribution in [0, 0.1) is 0 Å². The van der Waals surface area contributed by atoms with Gasteiger partial charge < -0.3 is 0 Å². The molecule has 0 fully saturated rings. The molecule has 1 aliphatic carbocycles. The third kappa shape index (κ3) is 3.50. The van der Waals surface area contributed by atoms with Crippen LogP contribution in [0.5, 0.6) is 0 Å². The molecule has 0 saturated carbocycles. The molecule has 6 heteroatoms. The molecule has 0 atom stereocenters. The summed E-state index contributed by atoms with van der Waals surface area (Å²) in [7, 11) is 0. The molecule has 2 nitrogen and oxygen atoms in total. The quantitative estimate of drug-likeness (QED) is 0.643. The standard InChI is InChI=1S/C17H16ClF3N2/c18-15-12-8-3-1-2-4-10-14(12)22-16(23-15)11-7-5-6-9-13(11)17(19,20)21/h5-7,9H,1-4,8,10H2. The summed E-state index contributed by atoms with van der Waals surface area (Å²) in [6, 6.07) is 5.35. The molecule has 3 rings (SSSR count). The Hall–Kier alpha value is -1.62. The second-order valence-corrected chi connectivity index (χ2v) is 6.08. The van der Waals surface area contributed by atoms with Gasteiger partial charge in [-0.2, -0.15) is 13.2 Å². The molecular formula is C17H16ClF3N2. The number of aromatic nitrogens is 2. The summed E-state index contributed by atoms with van der Waals surface area (Å²) in [4.78, 5) is 8.58. The molecule has 1 heterocycles. The van der Waals surface area contributed by atoms with Gasteiger partial charge >= 0.3 is 6.18 Å². The highest BCUT2D eigenvalue weighted by Gasteiger charge is 2.34. The van der Waals surface area contributed by atoms with Crippen molar-refractivity contribution >= 4 is 11.6 Å². The van der Waals surface area contributed by atoms with E-state index in [9.17, 15) is 13.2 Å². The first-order valence-electron chi connectivity index (χ1n) is 7.68. The molecule has 122 valence electrons. The van der Waals surface area contributed by atoms with E-state index >= 15 is 0 Å². The molecule has 2 aromatic rings. The van der Waals surface area contributed by atoms with Crippen LogP contribution >= 0.6 is 11.6 Å². The minimum absolute atomic E-state index is 0.0215. The largest absolute Gasteiger partial charge is 0.417 e. The lowest BCUT2D eigenvalue weighted by molar-refractivity contribution is -0.137. The van der Waals surface area contributed by atoms with Gasteiger partial charge in [-0.15, -0.1) is 0 Å². The smallest absolute Gasteiger partial charge is 0.233 e. The number of fused-ring (bicyclic) bond motifs is 1. The van der Waals surface area contributed by atoms with Crippen LogP contribution in [0.4, 0.5) is 13.2 Å². The Bertz CT molecular complexity index is 713. The fourth-order valence-electron chi connectivity index (χ4n) is 2.95. The lowest BCUT2D eigenvalue weighted by atomic mass is 9.98. The van der Waals surface area contributed by atoms with E-state index in [-0.39, 0.29) is 16.5 Å². The number of hydrogen-bond acceptors (Lipinski definition) is 2. The van der Waals surface area contributed by atoms with Gasteiger partial charge in [0.05, 0.1) is 5.56 Å². The molecule has 1 aliphatic rings. The minimum atomic E-state index is -4.45. The third-order valence-electron chi connectivity index (χ3n) is 4.11. The van der Waals surface area contributed by atoms with Crippen molar-refractivity contribution in [3.8, 4) is 11.4 Å². The summed E-state index contributed by atoms with van der Waals surface area (Å²) in [5, 5.41) is 0.281. The van der Waals surface area contributed by atoms with Gasteiger partial charge in [-0.25, -0.2) is 9.97 Å². The Labute approximate surface area is 137 Å². The molecular weight excluding hydrogens is 325 g/mol. The summed E-state index contributed by atoms with van der Waals surface area (Å²) in [5.74, 6) is 0.0576. The molecule has 0 N–H and O–H groups in total. The van der Waals surface area contributed by atoms with Crippen LogP contribution < -0.4 is 0 Å². The average Bonchev–Trinajstić information content (AvgIpc) is 2.47. The van der Waals surface area contributed by atoms with E-state index in [2.05, 4.69) is 9.97 Å². The predicted octanol–water partition coefficient (Wildman–Crippen LogP) is 5.47. The van der Waals surface area contributed by atoms with E-state index in [1.807, 2.05) is 0 Å². The highest BCUT2D eigenvalue weighted by Crippen LogP contribution is 2.37. The van der Waals surface area contributed by atoms with Crippen LogP contribution in [0.15, 0.2) is 24.3 Å². The second-order valence-electron chi connectivity index (χ2n) is 5.72. The number of nitrogens with zero attached hydrogens (tertiary/aromatic N) is 2. The molecule has 0 unspecified atom stereocenters. The maximum Gasteiger partial charge on any atom is 0.417 e. The van der Waals surface area contributed by atoms with Gasteiger partial charge in [-0.3, -0.25) is 0 Å². The number of benzene rings is 1. The first-order chi connectivity index (χ1) is 11.0. The number of aryl methyl sites for hydroxylation is 1. The van der Waals surface area contributed by atoms with Crippen molar-refractivity contribution in [3.05, 3.63) is 46.2 Å². The Morgan fingerprint density at radius 2 is 1.61 bits per heavy atom. The summed E-state index contributed by atoms with van der Waals surface area (Å²) >= 11 is 6.26. The summed E-state index contributed by atoms with van der Waals surface area (Å²) in [6.07, 6.45) is 1.30. The van der Waals surface area contributed by atoms with Crippen molar-refractivity contribution in [2.75, 3.05) is 0 Å². The van der Waals surface area contributed by atoms with E-state index in [0.717, 1.165) is 55.8 Å². The van der Waals surface area contributed by atoms with Crippen LogP contribution in [-0.4, -0.2) is 9.97 Å². The van der Waals surface area contributed by atoms with Crippen molar-refractivity contribution in [3.63, 3.8) is 0 Å². The van der Waals surface area contributed by atoms with Gasteiger partial charge in [0, 0.05) is 16.8 Å². The average molecular weight is 341 g/mol. The lowest BCUT2D eigenvalue weighted by Crippen LogP contribution is -2.10. The van der Waals surface area contributed by atoms with Crippen LogP contribution in [0.2, 0.25) is 5.15 Å². The van der Waals surface area contributed by atoms with E-state index in [0.29, 0.717) is 0 Å². The van der Waals surface area contributed by atoms with Crippen LogP contribution in [0.25, 0.3) is 11.4 Å². The highest BCUT2D eigenvalue weighted by atomic mass is 35.5. The summed E-state index contributed by atoms with van der Waals surface area (Å²) in [6.45, 7) is 0. The lowest BCUT2D eigenvalue weighted by Gasteiger charge is -2.17. The van der Waals surface area contributed by atoms with Crippen LogP contribution in [-0.2, 0) is 19.0 Å². The summed E-state index contributed by atoms with van der Waals surface area (Å²) < 4.78 is 39.6. The normalized spacial score (nSPS) is 15.7. The first-order valence-corrected chi connectivity index (χ1v) is 8.06. The van der Waals surface area contributed by atoms with Gasteiger partial charge in [0.25, 0.3) is 0 Å². The van der Waals surface area contributed by atoms with Crippen LogP contribution in [0.3, 0.4) is 0 Å². The van der Waals surface area contributed by atoms with Crippen molar-refractivity contribution < 1.29 is 13.2 Å². The fraction of sp³-hybridized carbons (Fsp3) is 0.412. The second kappa shape index (κ2) is 6.48. The van der Waals surface area contributed by atoms with Crippen molar-refractivity contribution in [1.29, 1.82) is 0 Å². The van der Waals surface area contributed by atoms with Gasteiger partial charge in [0.15, 0.2) is 5.82 Å². The molecule has 0 bridgehead atoms. The molecule has 0 spiro atoms. The molecule has 23 heavy (non-hydrogen) atoms. The maximum atomic E-state index is 13.2. The summed E-state index contributed by atoms with van der Waals surface area (Å²) in [5.41, 5.74) is 0.921. The zero-order valence-electron chi connectivity index (χ0n) is 12.5. The molecule has 0 aliphatic heterocycles. The Morgan fingerprint density at radius 3 is 2.35 bits per heavy atom. The number of alkyl halides is 3. The number of hydrogen-bond donors (Lipinski definition) is 0. The molecule has 0 saturated heterocycles. The van der Waals surface area contributed by atoms with Crippen molar-refractivity contribution in [2.24, 2.45) is 0 Å². The molecule has 0 radical (unpaired) electrons. The van der Waals surface area contributed by atoms with Crippen molar-refractivity contribution in [1.82, 2.24) is 9.97 Å². The van der Waals surface area contributed by atoms with Crippen LogP contribution in [0.1, 0.15) is 42.5 Å². The Balaban J connectivity index is 2.12. The first kappa shape index (κ1) is 16.2. The SMILES string of the molecule is FC(F)(F)c1ccccc1-c1nc(Cl)c2c(n1)CCCCCC2. The van der Waals surface area contributed by atoms with Gasteiger partial charge in [0.2, 0.25) is 0 Å². The maximum absolute atomic E-state index is 13.2. The topological polar surface area (TPSA) is 25.8 Å². The number of rotatable bonds is 1. The molecule has 0 amide bonds. The van der Waals surface area contributed by atoms with E-state index in [4.69, 9.17) is 11.6 Å². The van der Waals surface area contributed by atoms with E-state index < -0.39 is 11.7 Å². The molecule has 1 aromatic heterocycles. The van der Waals surface area contributed by atoms with E-state index in [1.54, 1.807) is 6.07 Å². The van der Waals surface area contributed by atoms with Gasteiger partial charge in [0.1, 0.15) is 5.15 Å². The Morgan fingerprint density at radius 1 is 0.913 bits per heavy atom. The highest BCUT2D eigenvalue weighted by molar-refractivity contribution is 6.30. The monoisotopic (exact) mass is 340 g/mol. The fourth-order valence-corrected chi connectivity index (χ4v) is 3.23.